The van der Waals surface area contributed by atoms with Gasteiger partial charge in [-0.2, -0.15) is 0 Å². The van der Waals surface area contributed by atoms with Crippen LogP contribution in [0.2, 0.25) is 5.02 Å². The standard InChI is InChI=1S/C13H15ClN2O3/c1-9(17)10-3-2-4-11(12(10)14)15-5-7-16(8-6-15)13(18)19/h2-4H,5-8H2,1H3,(H,18,19). The first-order valence-corrected chi connectivity index (χ1v) is 6.40. The summed E-state index contributed by atoms with van der Waals surface area (Å²) in [5, 5.41) is 9.35. The number of hydrogen-bond acceptors (Lipinski definition) is 3. The average molecular weight is 283 g/mol. The highest BCUT2D eigenvalue weighted by Crippen LogP contribution is 2.30. The molecule has 1 aliphatic rings. The Morgan fingerprint density at radius 2 is 1.84 bits per heavy atom. The van der Waals surface area contributed by atoms with E-state index >= 15 is 0 Å². The number of carboxylic acid groups (broad SMARTS) is 1. The van der Waals surface area contributed by atoms with E-state index in [9.17, 15) is 9.59 Å². The van der Waals surface area contributed by atoms with Crippen LogP contribution in [0, 0.1) is 0 Å². The molecule has 0 atom stereocenters. The van der Waals surface area contributed by atoms with Gasteiger partial charge in [-0.05, 0) is 19.1 Å². The van der Waals surface area contributed by atoms with Crippen LogP contribution in [0.1, 0.15) is 17.3 Å². The maximum Gasteiger partial charge on any atom is 0.407 e. The summed E-state index contributed by atoms with van der Waals surface area (Å²) in [5.74, 6) is -0.0731. The van der Waals surface area contributed by atoms with Crippen LogP contribution in [0.3, 0.4) is 0 Å². The van der Waals surface area contributed by atoms with Crippen LogP contribution in [0.4, 0.5) is 10.5 Å². The summed E-state index contributed by atoms with van der Waals surface area (Å²) in [7, 11) is 0. The van der Waals surface area contributed by atoms with Gasteiger partial charge in [-0.1, -0.05) is 17.7 Å². The first kappa shape index (κ1) is 13.7. The van der Waals surface area contributed by atoms with E-state index in [0.717, 1.165) is 5.69 Å². The van der Waals surface area contributed by atoms with Crippen molar-refractivity contribution in [3.63, 3.8) is 0 Å². The number of ketones is 1. The molecule has 5 nitrogen and oxygen atoms in total. The Morgan fingerprint density at radius 1 is 1.21 bits per heavy atom. The number of amides is 1. The molecular formula is C13H15ClN2O3. The fourth-order valence-corrected chi connectivity index (χ4v) is 2.55. The molecule has 6 heteroatoms. The van der Waals surface area contributed by atoms with Crippen molar-refractivity contribution < 1.29 is 14.7 Å². The maximum absolute atomic E-state index is 11.5. The highest BCUT2D eigenvalue weighted by Gasteiger charge is 2.22. The lowest BCUT2D eigenvalue weighted by Gasteiger charge is -2.35. The number of piperazine rings is 1. The topological polar surface area (TPSA) is 60.9 Å². The van der Waals surface area contributed by atoms with Crippen molar-refractivity contribution in [2.45, 2.75) is 6.92 Å². The number of carbonyl (C=O) groups excluding carboxylic acids is 1. The van der Waals surface area contributed by atoms with Crippen LogP contribution in [-0.2, 0) is 0 Å². The molecule has 1 aliphatic heterocycles. The summed E-state index contributed by atoms with van der Waals surface area (Å²) in [4.78, 5) is 25.7. The third kappa shape index (κ3) is 2.81. The predicted octanol–water partition coefficient (Wildman–Crippen LogP) is 2.34. The molecule has 1 aromatic carbocycles. The minimum absolute atomic E-state index is 0.0731. The van der Waals surface area contributed by atoms with Crippen molar-refractivity contribution in [1.82, 2.24) is 4.90 Å². The number of rotatable bonds is 2. The number of benzene rings is 1. The van der Waals surface area contributed by atoms with Crippen molar-refractivity contribution in [2.24, 2.45) is 0 Å². The van der Waals surface area contributed by atoms with Gasteiger partial charge in [0.15, 0.2) is 5.78 Å². The van der Waals surface area contributed by atoms with Crippen LogP contribution < -0.4 is 4.90 Å². The van der Waals surface area contributed by atoms with Crippen LogP contribution in [-0.4, -0.2) is 48.1 Å². The molecule has 0 radical (unpaired) electrons. The van der Waals surface area contributed by atoms with Crippen LogP contribution in [0.15, 0.2) is 18.2 Å². The van der Waals surface area contributed by atoms with Gasteiger partial charge in [0.1, 0.15) is 0 Å². The van der Waals surface area contributed by atoms with Gasteiger partial charge in [0.25, 0.3) is 0 Å². The Kier molecular flexibility index (Phi) is 3.95. The molecule has 1 saturated heterocycles. The normalized spacial score (nSPS) is 15.5. The second kappa shape index (κ2) is 5.48. The van der Waals surface area contributed by atoms with Crippen molar-refractivity contribution >= 4 is 29.2 Å². The van der Waals surface area contributed by atoms with Crippen molar-refractivity contribution in [1.29, 1.82) is 0 Å². The zero-order valence-electron chi connectivity index (χ0n) is 10.6. The zero-order valence-corrected chi connectivity index (χ0v) is 11.4. The lowest BCUT2D eigenvalue weighted by atomic mass is 10.1. The van der Waals surface area contributed by atoms with Gasteiger partial charge in [0.2, 0.25) is 0 Å². The Balaban J connectivity index is 2.18. The highest BCUT2D eigenvalue weighted by molar-refractivity contribution is 6.36. The number of halogens is 1. The molecule has 1 aromatic rings. The Bertz CT molecular complexity index is 511. The van der Waals surface area contributed by atoms with Gasteiger partial charge in [0, 0.05) is 31.7 Å². The van der Waals surface area contributed by atoms with E-state index in [2.05, 4.69) is 0 Å². The molecule has 0 aliphatic carbocycles. The Hall–Kier alpha value is -1.75. The fourth-order valence-electron chi connectivity index (χ4n) is 2.17. The smallest absolute Gasteiger partial charge is 0.407 e. The fraction of sp³-hybridized carbons (Fsp3) is 0.385. The van der Waals surface area contributed by atoms with Crippen molar-refractivity contribution in [2.75, 3.05) is 31.1 Å². The summed E-state index contributed by atoms with van der Waals surface area (Å²) in [5.41, 5.74) is 1.29. The summed E-state index contributed by atoms with van der Waals surface area (Å²) in [6.45, 7) is 3.51. The molecular weight excluding hydrogens is 268 g/mol. The van der Waals surface area contributed by atoms with Gasteiger partial charge in [-0.25, -0.2) is 4.79 Å². The molecule has 2 rings (SSSR count). The second-order valence-corrected chi connectivity index (χ2v) is 4.83. The van der Waals surface area contributed by atoms with E-state index < -0.39 is 6.09 Å². The number of Topliss-reactive ketones (excluding diaryl/α,β-unsaturated/α-hetero) is 1. The minimum atomic E-state index is -0.900. The summed E-state index contributed by atoms with van der Waals surface area (Å²) in [6, 6.07) is 5.34. The van der Waals surface area contributed by atoms with Crippen molar-refractivity contribution in [3.8, 4) is 0 Å². The van der Waals surface area contributed by atoms with E-state index in [1.54, 1.807) is 12.1 Å². The first-order chi connectivity index (χ1) is 9.00. The number of hydrogen-bond donors (Lipinski definition) is 1. The van der Waals surface area contributed by atoms with E-state index in [0.29, 0.717) is 36.8 Å². The van der Waals surface area contributed by atoms with Gasteiger partial charge in [-0.3, -0.25) is 4.79 Å². The molecule has 1 fully saturated rings. The van der Waals surface area contributed by atoms with Gasteiger partial charge >= 0.3 is 6.09 Å². The van der Waals surface area contributed by atoms with E-state index in [1.165, 1.54) is 11.8 Å². The molecule has 19 heavy (non-hydrogen) atoms. The molecule has 0 bridgehead atoms. The quantitative estimate of drug-likeness (QED) is 0.846. The Labute approximate surface area is 116 Å². The summed E-state index contributed by atoms with van der Waals surface area (Å²) in [6.07, 6.45) is -0.900. The summed E-state index contributed by atoms with van der Waals surface area (Å²) >= 11 is 6.24. The van der Waals surface area contributed by atoms with E-state index in [1.807, 2.05) is 11.0 Å². The van der Waals surface area contributed by atoms with Crippen LogP contribution >= 0.6 is 11.6 Å². The van der Waals surface area contributed by atoms with E-state index in [4.69, 9.17) is 16.7 Å². The molecule has 0 unspecified atom stereocenters. The number of nitrogens with zero attached hydrogens (tertiary/aromatic N) is 2. The molecule has 0 spiro atoms. The van der Waals surface area contributed by atoms with Gasteiger partial charge in [-0.15, -0.1) is 0 Å². The van der Waals surface area contributed by atoms with E-state index in [-0.39, 0.29) is 5.78 Å². The highest BCUT2D eigenvalue weighted by atomic mass is 35.5. The monoisotopic (exact) mass is 282 g/mol. The SMILES string of the molecule is CC(=O)c1cccc(N2CCN(C(=O)O)CC2)c1Cl. The average Bonchev–Trinajstić information content (AvgIpc) is 2.38. The zero-order chi connectivity index (χ0) is 14.0. The Morgan fingerprint density at radius 3 is 2.37 bits per heavy atom. The number of anilines is 1. The lowest BCUT2D eigenvalue weighted by Crippen LogP contribution is -2.48. The molecule has 0 aromatic heterocycles. The third-order valence-electron chi connectivity index (χ3n) is 3.25. The molecule has 102 valence electrons. The third-order valence-corrected chi connectivity index (χ3v) is 3.65. The second-order valence-electron chi connectivity index (χ2n) is 4.45. The van der Waals surface area contributed by atoms with Crippen LogP contribution in [0.25, 0.3) is 0 Å². The van der Waals surface area contributed by atoms with Crippen LogP contribution in [0.5, 0.6) is 0 Å². The maximum atomic E-state index is 11.5. The molecule has 1 heterocycles. The van der Waals surface area contributed by atoms with Gasteiger partial charge in [0.05, 0.1) is 10.7 Å². The summed E-state index contributed by atoms with van der Waals surface area (Å²) < 4.78 is 0. The molecule has 1 amide bonds. The van der Waals surface area contributed by atoms with Gasteiger partial charge < -0.3 is 14.9 Å². The molecule has 1 N–H and O–H groups in total. The predicted molar refractivity (Wildman–Crippen MR) is 73.3 cm³/mol. The first-order valence-electron chi connectivity index (χ1n) is 6.03. The lowest BCUT2D eigenvalue weighted by molar-refractivity contribution is 0.101. The minimum Gasteiger partial charge on any atom is -0.465 e. The molecule has 0 saturated carbocycles. The number of carbonyl (C=O) groups is 2. The van der Waals surface area contributed by atoms with Crippen molar-refractivity contribution in [3.05, 3.63) is 28.8 Å². The largest absolute Gasteiger partial charge is 0.465 e.